The molecule has 0 saturated heterocycles. The van der Waals surface area contributed by atoms with Gasteiger partial charge in [0.2, 0.25) is 0 Å². The first-order valence-corrected chi connectivity index (χ1v) is 9.45. The maximum Gasteiger partial charge on any atom is 0.0406 e. The summed E-state index contributed by atoms with van der Waals surface area (Å²) in [4.78, 5) is 1.46. The van der Waals surface area contributed by atoms with Crippen LogP contribution in [0.5, 0.6) is 0 Å². The molecular weight excluding hydrogens is 366 g/mol. The van der Waals surface area contributed by atoms with Crippen molar-refractivity contribution in [1.82, 2.24) is 5.32 Å². The molecule has 21 heavy (non-hydrogen) atoms. The van der Waals surface area contributed by atoms with E-state index in [0.29, 0.717) is 5.92 Å². The highest BCUT2D eigenvalue weighted by molar-refractivity contribution is 9.10. The fourth-order valence-corrected chi connectivity index (χ4v) is 4.23. The molecule has 1 nitrogen and oxygen atoms in total. The van der Waals surface area contributed by atoms with E-state index < -0.39 is 0 Å². The lowest BCUT2D eigenvalue weighted by Crippen LogP contribution is -2.27. The van der Waals surface area contributed by atoms with Crippen LogP contribution in [0.2, 0.25) is 5.02 Å². The molecule has 4 heteroatoms. The van der Waals surface area contributed by atoms with Gasteiger partial charge in [-0.05, 0) is 77.8 Å². The molecule has 1 fully saturated rings. The quantitative estimate of drug-likeness (QED) is 0.681. The van der Waals surface area contributed by atoms with Gasteiger partial charge < -0.3 is 5.32 Å². The van der Waals surface area contributed by atoms with E-state index in [4.69, 9.17) is 11.6 Å². The van der Waals surface area contributed by atoms with Crippen molar-refractivity contribution in [1.29, 1.82) is 0 Å². The van der Waals surface area contributed by atoms with Crippen molar-refractivity contribution in [2.45, 2.75) is 31.7 Å². The molecule has 112 valence electrons. The van der Waals surface area contributed by atoms with Crippen LogP contribution in [-0.2, 0) is 12.8 Å². The minimum absolute atomic E-state index is 0.636. The zero-order chi connectivity index (χ0) is 14.7. The Morgan fingerprint density at radius 2 is 2.00 bits per heavy atom. The summed E-state index contributed by atoms with van der Waals surface area (Å²) < 4.78 is 1.20. The number of halogens is 2. The van der Waals surface area contributed by atoms with E-state index in [0.717, 1.165) is 30.5 Å². The van der Waals surface area contributed by atoms with E-state index >= 15 is 0 Å². The van der Waals surface area contributed by atoms with E-state index in [1.54, 1.807) is 0 Å². The van der Waals surface area contributed by atoms with Crippen LogP contribution in [0.25, 0.3) is 0 Å². The molecule has 1 aliphatic carbocycles. The molecule has 3 rings (SSSR count). The predicted octanol–water partition coefficient (Wildman–Crippen LogP) is 5.32. The lowest BCUT2D eigenvalue weighted by atomic mass is 9.95. The molecule has 1 aromatic carbocycles. The van der Waals surface area contributed by atoms with Gasteiger partial charge in [-0.15, -0.1) is 11.3 Å². The van der Waals surface area contributed by atoms with Gasteiger partial charge in [0, 0.05) is 25.8 Å². The first kappa shape index (κ1) is 15.5. The van der Waals surface area contributed by atoms with Crippen molar-refractivity contribution in [3.8, 4) is 0 Å². The molecule has 0 amide bonds. The smallest absolute Gasteiger partial charge is 0.0406 e. The maximum absolute atomic E-state index is 5.98. The van der Waals surface area contributed by atoms with Crippen molar-refractivity contribution < 1.29 is 0 Å². The van der Waals surface area contributed by atoms with Gasteiger partial charge in [-0.25, -0.2) is 0 Å². The Morgan fingerprint density at radius 3 is 2.62 bits per heavy atom. The molecular formula is C17H19BrClNS. The predicted molar refractivity (Wildman–Crippen MR) is 95.4 cm³/mol. The number of hydrogen-bond donors (Lipinski definition) is 1. The number of thiophene rings is 1. The van der Waals surface area contributed by atoms with Gasteiger partial charge in [0.25, 0.3) is 0 Å². The molecule has 1 unspecified atom stereocenters. The van der Waals surface area contributed by atoms with Gasteiger partial charge in [-0.1, -0.05) is 23.7 Å². The third-order valence-electron chi connectivity index (χ3n) is 3.82. The zero-order valence-electron chi connectivity index (χ0n) is 11.8. The average molecular weight is 385 g/mol. The van der Waals surface area contributed by atoms with Crippen LogP contribution in [0.1, 0.15) is 23.3 Å². The van der Waals surface area contributed by atoms with Gasteiger partial charge in [0.05, 0.1) is 0 Å². The van der Waals surface area contributed by atoms with Gasteiger partial charge in [-0.3, -0.25) is 0 Å². The SMILES string of the molecule is Clc1ccc(CC(CNC2CC2)Cc2cc(Br)cs2)cc1. The second-order valence-electron chi connectivity index (χ2n) is 5.81. The Bertz CT molecular complexity index is 577. The van der Waals surface area contributed by atoms with Crippen LogP contribution in [0.4, 0.5) is 0 Å². The Labute approximate surface area is 143 Å². The summed E-state index contributed by atoms with van der Waals surface area (Å²) in [7, 11) is 0. The third kappa shape index (κ3) is 5.10. The summed E-state index contributed by atoms with van der Waals surface area (Å²) in [5, 5.41) is 6.67. The van der Waals surface area contributed by atoms with Gasteiger partial charge >= 0.3 is 0 Å². The van der Waals surface area contributed by atoms with Crippen LogP contribution in [0.15, 0.2) is 40.2 Å². The van der Waals surface area contributed by atoms with Crippen molar-refractivity contribution in [2.24, 2.45) is 5.92 Å². The highest BCUT2D eigenvalue weighted by atomic mass is 79.9. The summed E-state index contributed by atoms with van der Waals surface area (Å²) in [6, 6.07) is 11.3. The Balaban J connectivity index is 1.63. The second-order valence-corrected chi connectivity index (χ2v) is 8.16. The second kappa shape index (κ2) is 7.28. The van der Waals surface area contributed by atoms with Crippen LogP contribution >= 0.6 is 38.9 Å². The molecule has 1 atom stereocenters. The maximum atomic E-state index is 5.98. The first-order valence-electron chi connectivity index (χ1n) is 7.40. The molecule has 1 saturated carbocycles. The molecule has 2 aromatic rings. The number of benzene rings is 1. The number of rotatable bonds is 7. The Morgan fingerprint density at radius 1 is 1.24 bits per heavy atom. The Kier molecular flexibility index (Phi) is 5.38. The molecule has 0 bridgehead atoms. The van der Waals surface area contributed by atoms with E-state index in [2.05, 4.69) is 44.8 Å². The lowest BCUT2D eigenvalue weighted by molar-refractivity contribution is 0.471. The number of hydrogen-bond acceptors (Lipinski definition) is 2. The van der Waals surface area contributed by atoms with Crippen LogP contribution in [-0.4, -0.2) is 12.6 Å². The zero-order valence-corrected chi connectivity index (χ0v) is 15.0. The minimum Gasteiger partial charge on any atom is -0.314 e. The number of nitrogens with one attached hydrogen (secondary N) is 1. The third-order valence-corrected chi connectivity index (χ3v) is 5.79. The topological polar surface area (TPSA) is 12.0 Å². The fraction of sp³-hybridized carbons (Fsp3) is 0.412. The molecule has 0 aliphatic heterocycles. The largest absolute Gasteiger partial charge is 0.314 e. The molecule has 1 aliphatic rings. The monoisotopic (exact) mass is 383 g/mol. The first-order chi connectivity index (χ1) is 10.2. The van der Waals surface area contributed by atoms with Crippen LogP contribution < -0.4 is 5.32 Å². The normalized spacial score (nSPS) is 16.1. The van der Waals surface area contributed by atoms with Gasteiger partial charge in [-0.2, -0.15) is 0 Å². The van der Waals surface area contributed by atoms with Crippen molar-refractivity contribution in [2.75, 3.05) is 6.54 Å². The summed E-state index contributed by atoms with van der Waals surface area (Å²) in [5.74, 6) is 0.636. The molecule has 0 radical (unpaired) electrons. The Hall–Kier alpha value is -0.350. The van der Waals surface area contributed by atoms with E-state index in [1.165, 1.54) is 27.8 Å². The summed E-state index contributed by atoms with van der Waals surface area (Å²) in [6.45, 7) is 1.10. The van der Waals surface area contributed by atoms with Crippen LogP contribution in [0.3, 0.4) is 0 Å². The lowest BCUT2D eigenvalue weighted by Gasteiger charge is -2.17. The van der Waals surface area contributed by atoms with Crippen molar-refractivity contribution >= 4 is 38.9 Å². The van der Waals surface area contributed by atoms with Gasteiger partial charge in [0.1, 0.15) is 0 Å². The fourth-order valence-electron chi connectivity index (χ4n) is 2.54. The minimum atomic E-state index is 0.636. The highest BCUT2D eigenvalue weighted by Crippen LogP contribution is 2.25. The molecule has 1 N–H and O–H groups in total. The van der Waals surface area contributed by atoms with E-state index in [9.17, 15) is 0 Å². The summed E-state index contributed by atoms with van der Waals surface area (Å²) in [5.41, 5.74) is 1.37. The standard InChI is InChI=1S/C17H19BrClNS/c18-14-9-17(21-11-14)8-13(10-20-16-5-6-16)7-12-1-3-15(19)4-2-12/h1-4,9,11,13,16,20H,5-8,10H2. The molecule has 0 spiro atoms. The summed E-state index contributed by atoms with van der Waals surface area (Å²) >= 11 is 11.4. The van der Waals surface area contributed by atoms with Crippen molar-refractivity contribution in [3.63, 3.8) is 0 Å². The molecule has 1 aromatic heterocycles. The van der Waals surface area contributed by atoms with E-state index in [-0.39, 0.29) is 0 Å². The molecule has 1 heterocycles. The van der Waals surface area contributed by atoms with Crippen molar-refractivity contribution in [3.05, 3.63) is 55.6 Å². The van der Waals surface area contributed by atoms with E-state index in [1.807, 2.05) is 23.5 Å². The summed E-state index contributed by atoms with van der Waals surface area (Å²) in [6.07, 6.45) is 4.93. The average Bonchev–Trinajstić information content (AvgIpc) is 3.21. The van der Waals surface area contributed by atoms with Crippen LogP contribution in [0, 0.1) is 5.92 Å². The highest BCUT2D eigenvalue weighted by Gasteiger charge is 2.22. The van der Waals surface area contributed by atoms with Gasteiger partial charge in [0.15, 0.2) is 0 Å².